The van der Waals surface area contributed by atoms with Crippen LogP contribution in [0.4, 0.5) is 5.82 Å². The van der Waals surface area contributed by atoms with Gasteiger partial charge in [0, 0.05) is 35.7 Å². The number of rotatable bonds is 5. The molecule has 1 aliphatic rings. The van der Waals surface area contributed by atoms with Crippen LogP contribution in [0.2, 0.25) is 0 Å². The molecule has 9 nitrogen and oxygen atoms in total. The summed E-state index contributed by atoms with van der Waals surface area (Å²) in [6.07, 6.45) is 1.99. The van der Waals surface area contributed by atoms with Gasteiger partial charge in [-0.25, -0.2) is 5.10 Å². The molecule has 1 aromatic carbocycles. The van der Waals surface area contributed by atoms with Gasteiger partial charge in [-0.3, -0.25) is 14.6 Å². The quantitative estimate of drug-likeness (QED) is 0.505. The number of aromatic nitrogens is 5. The lowest BCUT2D eigenvalue weighted by Gasteiger charge is -2.25. The number of aromatic amines is 1. The Labute approximate surface area is 183 Å². The van der Waals surface area contributed by atoms with Crippen molar-refractivity contribution in [2.24, 2.45) is 0 Å². The minimum absolute atomic E-state index is 0.132. The number of benzene rings is 1. The molecule has 32 heavy (non-hydrogen) atoms. The highest BCUT2D eigenvalue weighted by atomic mass is 16.5. The van der Waals surface area contributed by atoms with Crippen LogP contribution < -0.4 is 15.6 Å². The van der Waals surface area contributed by atoms with E-state index in [9.17, 15) is 9.59 Å². The first kappa shape index (κ1) is 19.7. The van der Waals surface area contributed by atoms with Crippen LogP contribution in [0.1, 0.15) is 34.9 Å². The minimum atomic E-state index is -0.313. The number of hydrogen-bond donors (Lipinski definition) is 2. The number of anilines is 1. The normalized spacial score (nSPS) is 15.2. The maximum atomic E-state index is 12.7. The molecule has 0 fully saturated rings. The van der Waals surface area contributed by atoms with Crippen LogP contribution in [-0.4, -0.2) is 30.9 Å². The van der Waals surface area contributed by atoms with Gasteiger partial charge in [-0.1, -0.05) is 24.3 Å². The van der Waals surface area contributed by atoms with Crippen molar-refractivity contribution < 1.29 is 9.53 Å². The summed E-state index contributed by atoms with van der Waals surface area (Å²) < 4.78 is 7.64. The third-order valence-electron chi connectivity index (χ3n) is 5.38. The molecule has 1 atom stereocenters. The third kappa shape index (κ3) is 3.64. The first-order chi connectivity index (χ1) is 15.6. The molecule has 1 amide bonds. The molecule has 1 aliphatic heterocycles. The van der Waals surface area contributed by atoms with Crippen molar-refractivity contribution in [3.63, 3.8) is 0 Å². The zero-order chi connectivity index (χ0) is 22.1. The van der Waals surface area contributed by atoms with Crippen molar-refractivity contribution in [3.05, 3.63) is 93.7 Å². The average molecular weight is 428 g/mol. The molecular weight excluding hydrogens is 408 g/mol. The summed E-state index contributed by atoms with van der Waals surface area (Å²) >= 11 is 0. The van der Waals surface area contributed by atoms with E-state index < -0.39 is 0 Å². The lowest BCUT2D eigenvalue weighted by atomic mass is 9.85. The molecule has 0 saturated heterocycles. The molecule has 4 aromatic rings. The molecular formula is C23H20N6O3. The van der Waals surface area contributed by atoms with E-state index in [2.05, 4.69) is 25.6 Å². The topological polar surface area (TPSA) is 115 Å². The summed E-state index contributed by atoms with van der Waals surface area (Å²) in [7, 11) is 0. The summed E-state index contributed by atoms with van der Waals surface area (Å²) in [6, 6.07) is 16.3. The Morgan fingerprint density at radius 3 is 2.72 bits per heavy atom. The van der Waals surface area contributed by atoms with Gasteiger partial charge in [-0.2, -0.15) is 14.9 Å². The van der Waals surface area contributed by atoms with E-state index >= 15 is 0 Å². The van der Waals surface area contributed by atoms with Crippen molar-refractivity contribution in [2.45, 2.75) is 25.9 Å². The van der Waals surface area contributed by atoms with Gasteiger partial charge in [0.2, 0.25) is 5.91 Å². The van der Waals surface area contributed by atoms with Gasteiger partial charge in [0.25, 0.3) is 5.56 Å². The fourth-order valence-corrected chi connectivity index (χ4v) is 3.97. The van der Waals surface area contributed by atoms with E-state index in [4.69, 9.17) is 4.74 Å². The van der Waals surface area contributed by atoms with Crippen LogP contribution in [0, 0.1) is 6.92 Å². The maximum Gasteiger partial charge on any atom is 0.264 e. The Morgan fingerprint density at radius 1 is 1.09 bits per heavy atom. The molecule has 0 bridgehead atoms. The highest BCUT2D eigenvalue weighted by Gasteiger charge is 2.34. The molecule has 0 saturated carbocycles. The number of nitrogens with zero attached hydrogens (tertiary/aromatic N) is 4. The summed E-state index contributed by atoms with van der Waals surface area (Å²) in [4.78, 5) is 28.4. The first-order valence-corrected chi connectivity index (χ1v) is 10.2. The number of fused-ring (bicyclic) bond motifs is 1. The van der Waals surface area contributed by atoms with Crippen LogP contribution >= 0.6 is 0 Å². The summed E-state index contributed by atoms with van der Waals surface area (Å²) in [5.74, 6) is 1.28. The summed E-state index contributed by atoms with van der Waals surface area (Å²) in [6.45, 7) is 2.21. The Morgan fingerprint density at radius 2 is 1.94 bits per heavy atom. The highest BCUT2D eigenvalue weighted by molar-refractivity contribution is 5.95. The van der Waals surface area contributed by atoms with Crippen molar-refractivity contribution >= 4 is 11.7 Å². The van der Waals surface area contributed by atoms with Crippen molar-refractivity contribution in [1.29, 1.82) is 0 Å². The van der Waals surface area contributed by atoms with Gasteiger partial charge >= 0.3 is 0 Å². The van der Waals surface area contributed by atoms with E-state index in [1.54, 1.807) is 16.9 Å². The van der Waals surface area contributed by atoms with Gasteiger partial charge in [0.05, 0.1) is 11.4 Å². The summed E-state index contributed by atoms with van der Waals surface area (Å²) in [5, 5.41) is 14.0. The second-order valence-corrected chi connectivity index (χ2v) is 7.49. The van der Waals surface area contributed by atoms with Crippen LogP contribution in [0.25, 0.3) is 5.82 Å². The van der Waals surface area contributed by atoms with Crippen molar-refractivity contribution in [1.82, 2.24) is 25.0 Å². The number of carbonyl (C=O) groups excluding carboxylic acids is 1. The predicted octanol–water partition coefficient (Wildman–Crippen LogP) is 2.71. The van der Waals surface area contributed by atoms with E-state index in [-0.39, 0.29) is 23.8 Å². The molecule has 9 heteroatoms. The van der Waals surface area contributed by atoms with Crippen LogP contribution in [0.3, 0.4) is 0 Å². The number of hydrogen-bond acceptors (Lipinski definition) is 6. The van der Waals surface area contributed by atoms with Crippen LogP contribution in [0.5, 0.6) is 5.75 Å². The van der Waals surface area contributed by atoms with E-state index in [0.29, 0.717) is 24.0 Å². The maximum absolute atomic E-state index is 12.7. The second-order valence-electron chi connectivity index (χ2n) is 7.49. The van der Waals surface area contributed by atoms with Crippen molar-refractivity contribution in [2.75, 3.05) is 5.32 Å². The average Bonchev–Trinajstić information content (AvgIpc) is 3.14. The number of carbonyl (C=O) groups is 1. The van der Waals surface area contributed by atoms with E-state index in [1.807, 2.05) is 49.4 Å². The molecule has 0 aliphatic carbocycles. The second kappa shape index (κ2) is 8.10. The summed E-state index contributed by atoms with van der Waals surface area (Å²) in [5.41, 5.74) is 3.06. The van der Waals surface area contributed by atoms with Gasteiger partial charge in [-0.15, -0.1) is 0 Å². The van der Waals surface area contributed by atoms with Gasteiger partial charge < -0.3 is 10.1 Å². The number of ether oxygens (including phenoxy) is 1. The standard InChI is InChI=1S/C23H20N6O3/c1-14-22-17(16-7-2-3-8-18(16)32-13-15-6-4-5-11-24-15)12-21(31)25-23(22)29(28-14)19-9-10-20(30)27-26-19/h2-11,17H,12-13H2,1H3,(H,25,31)(H,27,30)/t17-/m1/s1. The van der Waals surface area contributed by atoms with Crippen LogP contribution in [0.15, 0.2) is 65.6 Å². The molecule has 5 rings (SSSR count). The molecule has 3 aromatic heterocycles. The highest BCUT2D eigenvalue weighted by Crippen LogP contribution is 2.43. The molecule has 2 N–H and O–H groups in total. The lowest BCUT2D eigenvalue weighted by Crippen LogP contribution is -2.25. The Kier molecular flexibility index (Phi) is 4.98. The zero-order valence-corrected chi connectivity index (χ0v) is 17.3. The molecule has 0 unspecified atom stereocenters. The molecule has 0 spiro atoms. The van der Waals surface area contributed by atoms with Crippen LogP contribution in [-0.2, 0) is 11.4 Å². The SMILES string of the molecule is Cc1nn(-c2ccc(=O)[nH]n2)c2c1[C@@H](c1ccccc1OCc1ccccn1)CC(=O)N2. The Balaban J connectivity index is 1.55. The number of para-hydroxylation sites is 1. The smallest absolute Gasteiger partial charge is 0.264 e. The number of H-pyrrole nitrogens is 1. The van der Waals surface area contributed by atoms with Gasteiger partial charge in [0.1, 0.15) is 18.2 Å². The molecule has 0 radical (unpaired) electrons. The Bertz CT molecular complexity index is 1330. The van der Waals surface area contributed by atoms with E-state index in [0.717, 1.165) is 22.5 Å². The predicted molar refractivity (Wildman–Crippen MR) is 117 cm³/mol. The largest absolute Gasteiger partial charge is 0.487 e. The number of aryl methyl sites for hydroxylation is 1. The number of amides is 1. The van der Waals surface area contributed by atoms with E-state index in [1.165, 1.54) is 6.07 Å². The fraction of sp³-hybridized carbons (Fsp3) is 0.174. The van der Waals surface area contributed by atoms with Gasteiger partial charge in [-0.05, 0) is 31.2 Å². The molecule has 4 heterocycles. The van der Waals surface area contributed by atoms with Crippen molar-refractivity contribution in [3.8, 4) is 11.6 Å². The first-order valence-electron chi connectivity index (χ1n) is 10.2. The Hall–Kier alpha value is -4.27. The lowest BCUT2D eigenvalue weighted by molar-refractivity contribution is -0.116. The number of nitrogens with one attached hydrogen (secondary N) is 2. The van der Waals surface area contributed by atoms with Gasteiger partial charge in [0.15, 0.2) is 5.82 Å². The minimum Gasteiger partial charge on any atom is -0.487 e. The third-order valence-corrected chi connectivity index (χ3v) is 5.38. The zero-order valence-electron chi connectivity index (χ0n) is 17.3. The number of pyridine rings is 1. The fourth-order valence-electron chi connectivity index (χ4n) is 3.97. The monoisotopic (exact) mass is 428 g/mol. The molecule has 160 valence electrons.